The standard InChI is InChI=1S/C32H34F3N9O/c1-20(2)12-21-4-5-22(14-29(21)44-19-28(39-41-44)24-13-25-17-37-40-30(25)36-16-24)31(45)38-26-7-6-23(27(15-26)32(33,34)35)18-43-10-8-42(3)9-11-43/h4-7,13-17,19-20H,8-12,18H2,1-3H3,(H,38,45)(H,36,37,40). The van der Waals surface area contributed by atoms with Crippen LogP contribution in [0.3, 0.4) is 0 Å². The number of H-pyrrole nitrogens is 1. The third kappa shape index (κ3) is 6.89. The van der Waals surface area contributed by atoms with Crippen LogP contribution in [0.5, 0.6) is 0 Å². The number of anilines is 1. The molecule has 0 spiro atoms. The SMILES string of the molecule is CC(C)Cc1ccc(C(=O)Nc2ccc(CN3CCN(C)CC3)c(C(F)(F)F)c2)cc1-n1cc(-c2cnc3[nH]ncc3c2)nn1. The Morgan fingerprint density at radius 3 is 2.56 bits per heavy atom. The quantitative estimate of drug-likeness (QED) is 0.239. The van der Waals surface area contributed by atoms with Gasteiger partial charge in [-0.3, -0.25) is 14.8 Å². The molecule has 2 N–H and O–H groups in total. The van der Waals surface area contributed by atoms with Crippen molar-refractivity contribution in [2.75, 3.05) is 38.5 Å². The minimum absolute atomic E-state index is 0.0763. The number of hydrogen-bond acceptors (Lipinski definition) is 7. The highest BCUT2D eigenvalue weighted by molar-refractivity contribution is 6.04. The van der Waals surface area contributed by atoms with Crippen LogP contribution < -0.4 is 5.32 Å². The first-order valence-electron chi connectivity index (χ1n) is 14.8. The van der Waals surface area contributed by atoms with E-state index in [2.05, 4.69) is 49.6 Å². The van der Waals surface area contributed by atoms with Crippen LogP contribution in [-0.4, -0.2) is 79.1 Å². The first kappa shape index (κ1) is 30.4. The topological polar surface area (TPSA) is 108 Å². The number of halogens is 3. The van der Waals surface area contributed by atoms with E-state index in [9.17, 15) is 18.0 Å². The summed E-state index contributed by atoms with van der Waals surface area (Å²) in [5, 5.41) is 19.0. The van der Waals surface area contributed by atoms with Crippen LogP contribution in [0.4, 0.5) is 18.9 Å². The molecular formula is C32H34F3N9O. The minimum atomic E-state index is -4.56. The van der Waals surface area contributed by atoms with E-state index in [1.165, 1.54) is 12.1 Å². The Bertz CT molecular complexity index is 1820. The molecule has 0 unspecified atom stereocenters. The fourth-order valence-corrected chi connectivity index (χ4v) is 5.53. The predicted octanol–water partition coefficient (Wildman–Crippen LogP) is 5.42. The lowest BCUT2D eigenvalue weighted by Crippen LogP contribution is -2.44. The highest BCUT2D eigenvalue weighted by Crippen LogP contribution is 2.35. The maximum absolute atomic E-state index is 14.1. The molecule has 45 heavy (non-hydrogen) atoms. The number of pyridine rings is 1. The highest BCUT2D eigenvalue weighted by atomic mass is 19.4. The Labute approximate surface area is 258 Å². The molecular weight excluding hydrogens is 583 g/mol. The second-order valence-corrected chi connectivity index (χ2v) is 11.9. The molecule has 3 aromatic heterocycles. The number of rotatable bonds is 8. The highest BCUT2D eigenvalue weighted by Gasteiger charge is 2.34. The first-order valence-corrected chi connectivity index (χ1v) is 14.8. The molecule has 0 atom stereocenters. The van der Waals surface area contributed by atoms with E-state index in [1.807, 2.05) is 24.1 Å². The molecule has 5 aromatic rings. The molecule has 1 aliphatic rings. The largest absolute Gasteiger partial charge is 0.416 e. The second-order valence-electron chi connectivity index (χ2n) is 11.9. The van der Waals surface area contributed by atoms with Gasteiger partial charge >= 0.3 is 6.18 Å². The van der Waals surface area contributed by atoms with Crippen molar-refractivity contribution in [3.05, 3.63) is 83.3 Å². The lowest BCUT2D eigenvalue weighted by Gasteiger charge is -2.33. The average molecular weight is 618 g/mol. The van der Waals surface area contributed by atoms with Crippen LogP contribution in [0.2, 0.25) is 0 Å². The van der Waals surface area contributed by atoms with E-state index in [0.29, 0.717) is 36.0 Å². The van der Waals surface area contributed by atoms with Crippen molar-refractivity contribution < 1.29 is 18.0 Å². The summed E-state index contributed by atoms with van der Waals surface area (Å²) < 4.78 is 44.0. The van der Waals surface area contributed by atoms with Gasteiger partial charge in [-0.05, 0) is 60.8 Å². The summed E-state index contributed by atoms with van der Waals surface area (Å²) in [5.74, 6) is -0.202. The predicted molar refractivity (Wildman–Crippen MR) is 165 cm³/mol. The molecule has 234 valence electrons. The Kier molecular flexibility index (Phi) is 8.38. The van der Waals surface area contributed by atoms with Crippen molar-refractivity contribution in [2.24, 2.45) is 5.92 Å². The molecule has 1 fully saturated rings. The summed E-state index contributed by atoms with van der Waals surface area (Å²) in [6.45, 7) is 7.40. The number of carbonyl (C=O) groups excluding carboxylic acids is 1. The van der Waals surface area contributed by atoms with Gasteiger partial charge in [0, 0.05) is 61.1 Å². The number of nitrogens with one attached hydrogen (secondary N) is 2. The van der Waals surface area contributed by atoms with Crippen LogP contribution in [-0.2, 0) is 19.1 Å². The maximum atomic E-state index is 14.1. The number of piperazine rings is 1. The number of aromatic nitrogens is 6. The Balaban J connectivity index is 1.26. The number of fused-ring (bicyclic) bond motifs is 1. The molecule has 1 amide bonds. The zero-order valence-electron chi connectivity index (χ0n) is 25.3. The maximum Gasteiger partial charge on any atom is 0.416 e. The number of likely N-dealkylation sites (N-methyl/N-ethyl adjacent to an activating group) is 1. The molecule has 6 rings (SSSR count). The Hall–Kier alpha value is -4.62. The second kappa shape index (κ2) is 12.4. The van der Waals surface area contributed by atoms with Gasteiger partial charge in [-0.25, -0.2) is 9.67 Å². The number of carbonyl (C=O) groups is 1. The molecule has 0 radical (unpaired) electrons. The van der Waals surface area contributed by atoms with Gasteiger partial charge in [-0.2, -0.15) is 18.3 Å². The molecule has 13 heteroatoms. The van der Waals surface area contributed by atoms with Crippen molar-refractivity contribution in [1.82, 2.24) is 40.0 Å². The third-order valence-electron chi connectivity index (χ3n) is 7.97. The van der Waals surface area contributed by atoms with E-state index in [0.717, 1.165) is 42.1 Å². The van der Waals surface area contributed by atoms with Crippen molar-refractivity contribution in [3.8, 4) is 16.9 Å². The number of alkyl halides is 3. The average Bonchev–Trinajstić information content (AvgIpc) is 3.68. The van der Waals surface area contributed by atoms with E-state index in [1.54, 1.807) is 35.4 Å². The van der Waals surface area contributed by atoms with Gasteiger partial charge in [0.2, 0.25) is 0 Å². The number of benzene rings is 2. The molecule has 0 aliphatic carbocycles. The van der Waals surface area contributed by atoms with Gasteiger partial charge in [0.25, 0.3) is 5.91 Å². The lowest BCUT2D eigenvalue weighted by molar-refractivity contribution is -0.138. The zero-order chi connectivity index (χ0) is 31.7. The summed E-state index contributed by atoms with van der Waals surface area (Å²) in [7, 11) is 2.00. The third-order valence-corrected chi connectivity index (χ3v) is 7.97. The first-order chi connectivity index (χ1) is 21.5. The minimum Gasteiger partial charge on any atom is -0.322 e. The molecule has 4 heterocycles. The van der Waals surface area contributed by atoms with Crippen LogP contribution >= 0.6 is 0 Å². The number of hydrogen-bond donors (Lipinski definition) is 2. The van der Waals surface area contributed by atoms with Crippen LogP contribution in [0.15, 0.2) is 61.1 Å². The van der Waals surface area contributed by atoms with Crippen molar-refractivity contribution in [2.45, 2.75) is 33.0 Å². The van der Waals surface area contributed by atoms with Gasteiger partial charge in [0.15, 0.2) is 5.65 Å². The summed E-state index contributed by atoms with van der Waals surface area (Å²) >= 11 is 0. The lowest BCUT2D eigenvalue weighted by atomic mass is 9.99. The number of aromatic amines is 1. The van der Waals surface area contributed by atoms with Crippen molar-refractivity contribution in [3.63, 3.8) is 0 Å². The van der Waals surface area contributed by atoms with Crippen LogP contribution in [0.1, 0.15) is 40.9 Å². The summed E-state index contributed by atoms with van der Waals surface area (Å²) in [4.78, 5) is 21.9. The van der Waals surface area contributed by atoms with E-state index >= 15 is 0 Å². The fraction of sp³-hybridized carbons (Fsp3) is 0.344. The van der Waals surface area contributed by atoms with Crippen molar-refractivity contribution >= 4 is 22.6 Å². The smallest absolute Gasteiger partial charge is 0.322 e. The van der Waals surface area contributed by atoms with Gasteiger partial charge in [0.1, 0.15) is 5.69 Å². The van der Waals surface area contributed by atoms with Crippen molar-refractivity contribution in [1.29, 1.82) is 0 Å². The Morgan fingerprint density at radius 1 is 1.02 bits per heavy atom. The number of nitrogens with zero attached hydrogens (tertiary/aromatic N) is 7. The molecule has 10 nitrogen and oxygen atoms in total. The van der Waals surface area contributed by atoms with Gasteiger partial charge in [-0.1, -0.05) is 31.2 Å². The molecule has 0 bridgehead atoms. The number of amides is 1. The normalized spacial score (nSPS) is 14.8. The summed E-state index contributed by atoms with van der Waals surface area (Å²) in [5.41, 5.74) is 3.42. The molecule has 0 saturated carbocycles. The molecule has 1 saturated heterocycles. The summed E-state index contributed by atoms with van der Waals surface area (Å²) in [6.07, 6.45) is 1.28. The summed E-state index contributed by atoms with van der Waals surface area (Å²) in [6, 6.07) is 11.1. The van der Waals surface area contributed by atoms with E-state index < -0.39 is 17.6 Å². The zero-order valence-corrected chi connectivity index (χ0v) is 25.3. The monoisotopic (exact) mass is 617 g/mol. The van der Waals surface area contributed by atoms with Gasteiger partial charge in [-0.15, -0.1) is 5.10 Å². The Morgan fingerprint density at radius 2 is 1.80 bits per heavy atom. The van der Waals surface area contributed by atoms with Gasteiger partial charge < -0.3 is 10.2 Å². The van der Waals surface area contributed by atoms with Crippen LogP contribution in [0.25, 0.3) is 28.0 Å². The van der Waals surface area contributed by atoms with Crippen LogP contribution in [0, 0.1) is 5.92 Å². The molecule has 2 aromatic carbocycles. The van der Waals surface area contributed by atoms with E-state index in [4.69, 9.17) is 0 Å². The van der Waals surface area contributed by atoms with Gasteiger partial charge in [0.05, 0.1) is 23.6 Å². The van der Waals surface area contributed by atoms with E-state index in [-0.39, 0.29) is 23.4 Å². The fourth-order valence-electron chi connectivity index (χ4n) is 5.53. The molecule has 1 aliphatic heterocycles.